The lowest BCUT2D eigenvalue weighted by Gasteiger charge is -2.38. The van der Waals surface area contributed by atoms with Crippen molar-refractivity contribution in [3.05, 3.63) is 84.0 Å². The number of hydrogen-bond donors (Lipinski definition) is 2. The van der Waals surface area contributed by atoms with E-state index in [1.165, 1.54) is 4.52 Å². The van der Waals surface area contributed by atoms with E-state index in [-0.39, 0.29) is 30.8 Å². The van der Waals surface area contributed by atoms with Gasteiger partial charge in [-0.15, -0.1) is 0 Å². The minimum Gasteiger partial charge on any atom is -0.457 e. The van der Waals surface area contributed by atoms with Crippen LogP contribution in [0.25, 0.3) is 16.9 Å². The van der Waals surface area contributed by atoms with E-state index in [2.05, 4.69) is 10.1 Å². The monoisotopic (exact) mass is 495 g/mol. The van der Waals surface area contributed by atoms with Gasteiger partial charge in [0.15, 0.2) is 17.2 Å². The molecule has 0 unspecified atom stereocenters. The van der Waals surface area contributed by atoms with Crippen LogP contribution in [0.1, 0.15) is 22.0 Å². The number of halogens is 3. The number of ether oxygens (including phenoxy) is 1. The second-order valence-corrected chi connectivity index (χ2v) is 8.26. The highest BCUT2D eigenvalue weighted by molar-refractivity contribution is 5.98. The average molecular weight is 495 g/mol. The smallest absolute Gasteiger partial charge is 0.282 e. The van der Waals surface area contributed by atoms with Crippen LogP contribution in [0.3, 0.4) is 0 Å². The largest absolute Gasteiger partial charge is 0.457 e. The Kier molecular flexibility index (Phi) is 5.96. The summed E-state index contributed by atoms with van der Waals surface area (Å²) in [7, 11) is 0. The molecule has 0 radical (unpaired) electrons. The first-order chi connectivity index (χ1) is 17.3. The molecule has 4 aromatic rings. The third-order valence-electron chi connectivity index (χ3n) is 5.91. The summed E-state index contributed by atoms with van der Waals surface area (Å²) in [6, 6.07) is 16.3. The Balaban J connectivity index is 1.39. The van der Waals surface area contributed by atoms with Crippen LogP contribution in [-0.4, -0.2) is 50.8 Å². The van der Waals surface area contributed by atoms with Crippen LogP contribution >= 0.6 is 0 Å². The minimum absolute atomic E-state index is 0.0136. The van der Waals surface area contributed by atoms with Gasteiger partial charge in [0.25, 0.3) is 18.2 Å². The van der Waals surface area contributed by atoms with Crippen LogP contribution in [0.4, 0.5) is 13.2 Å². The molecule has 184 valence electrons. The van der Waals surface area contributed by atoms with Crippen molar-refractivity contribution in [3.63, 3.8) is 0 Å². The zero-order chi connectivity index (χ0) is 25.4. The Bertz CT molecular complexity index is 1460. The Morgan fingerprint density at radius 2 is 1.75 bits per heavy atom. The molecule has 1 fully saturated rings. The SMILES string of the molecule is NC(=O)c1c(-c2ccc(Oc3ccccc3)cc2)nc2c(C3CN(C(=O)C(F)=CC(F)F)C3)c[nH]n12. The lowest BCUT2D eigenvalue weighted by atomic mass is 9.93. The van der Waals surface area contributed by atoms with E-state index < -0.39 is 24.1 Å². The van der Waals surface area contributed by atoms with E-state index in [0.717, 1.165) is 4.90 Å². The number of benzene rings is 2. The van der Waals surface area contributed by atoms with Gasteiger partial charge in [-0.3, -0.25) is 14.7 Å². The average Bonchev–Trinajstić information content (AvgIpc) is 3.38. The van der Waals surface area contributed by atoms with Crippen molar-refractivity contribution in [1.29, 1.82) is 0 Å². The number of likely N-dealkylation sites (tertiary alicyclic amines) is 1. The molecule has 2 amide bonds. The molecule has 5 rings (SSSR count). The number of imidazole rings is 1. The van der Waals surface area contributed by atoms with Crippen molar-refractivity contribution in [2.75, 3.05) is 13.1 Å². The lowest BCUT2D eigenvalue weighted by Crippen LogP contribution is -2.48. The Morgan fingerprint density at radius 1 is 1.08 bits per heavy atom. The molecule has 0 spiro atoms. The topological polar surface area (TPSA) is 106 Å². The summed E-state index contributed by atoms with van der Waals surface area (Å²) in [5.41, 5.74) is 7.92. The van der Waals surface area contributed by atoms with Gasteiger partial charge >= 0.3 is 0 Å². The Labute approximate surface area is 202 Å². The number of aromatic nitrogens is 3. The summed E-state index contributed by atoms with van der Waals surface area (Å²) >= 11 is 0. The van der Waals surface area contributed by atoms with Crippen molar-refractivity contribution in [1.82, 2.24) is 19.5 Å². The number of rotatable bonds is 7. The van der Waals surface area contributed by atoms with E-state index in [9.17, 15) is 22.8 Å². The standard InChI is InChI=1S/C25H20F3N5O3/c26-19(10-20(27)28)25(35)32-12-15(13-32)18-11-30-33-22(23(29)34)21(31-24(18)33)14-6-8-17(9-7-14)36-16-4-2-1-3-5-16/h1-11,15,20,30H,12-13H2,(H2,29,34). The number of aromatic amines is 1. The molecular weight excluding hydrogens is 475 g/mol. The normalized spacial score (nSPS) is 14.3. The van der Waals surface area contributed by atoms with Crippen LogP contribution in [0, 0.1) is 0 Å². The third-order valence-corrected chi connectivity index (χ3v) is 5.91. The maximum absolute atomic E-state index is 13.6. The van der Waals surface area contributed by atoms with Crippen LogP contribution in [-0.2, 0) is 4.79 Å². The molecule has 0 atom stereocenters. The molecule has 2 aromatic heterocycles. The molecule has 0 aliphatic carbocycles. The number of allylic oxidation sites excluding steroid dienone is 1. The summed E-state index contributed by atoms with van der Waals surface area (Å²) in [5.74, 6) is -2.21. The van der Waals surface area contributed by atoms with Gasteiger partial charge in [-0.2, -0.15) is 0 Å². The Hall–Kier alpha value is -4.54. The molecule has 0 saturated carbocycles. The Morgan fingerprint density at radius 3 is 2.39 bits per heavy atom. The van der Waals surface area contributed by atoms with Gasteiger partial charge in [-0.05, 0) is 36.4 Å². The molecule has 3 heterocycles. The number of nitrogens with two attached hydrogens (primary N) is 1. The summed E-state index contributed by atoms with van der Waals surface area (Å²) in [6.07, 6.45) is -1.43. The number of fused-ring (bicyclic) bond motifs is 1. The number of para-hydroxylation sites is 1. The molecule has 1 aliphatic heterocycles. The predicted molar refractivity (Wildman–Crippen MR) is 125 cm³/mol. The molecule has 2 aromatic carbocycles. The molecule has 1 aliphatic rings. The number of amides is 2. The highest BCUT2D eigenvalue weighted by atomic mass is 19.3. The van der Waals surface area contributed by atoms with Gasteiger partial charge in [0.05, 0.1) is 0 Å². The molecule has 11 heteroatoms. The first-order valence-electron chi connectivity index (χ1n) is 11.0. The second kappa shape index (κ2) is 9.25. The summed E-state index contributed by atoms with van der Waals surface area (Å²) in [6.45, 7) is 0.243. The number of alkyl halides is 2. The number of H-pyrrole nitrogens is 1. The fraction of sp³-hybridized carbons (Fsp3) is 0.160. The van der Waals surface area contributed by atoms with Crippen LogP contribution in [0.5, 0.6) is 11.5 Å². The van der Waals surface area contributed by atoms with Gasteiger partial charge in [0, 0.05) is 42.4 Å². The van der Waals surface area contributed by atoms with Crippen LogP contribution < -0.4 is 10.5 Å². The zero-order valence-electron chi connectivity index (χ0n) is 18.7. The number of carbonyl (C=O) groups excluding carboxylic acids is 2. The zero-order valence-corrected chi connectivity index (χ0v) is 18.7. The lowest BCUT2D eigenvalue weighted by molar-refractivity contribution is -0.133. The maximum Gasteiger partial charge on any atom is 0.282 e. The molecule has 8 nitrogen and oxygen atoms in total. The van der Waals surface area contributed by atoms with Gasteiger partial charge in [0.2, 0.25) is 0 Å². The predicted octanol–water partition coefficient (Wildman–Crippen LogP) is 4.26. The van der Waals surface area contributed by atoms with Gasteiger partial charge in [-0.25, -0.2) is 22.7 Å². The second-order valence-electron chi connectivity index (χ2n) is 8.26. The molecular formula is C25H20F3N5O3. The van der Waals surface area contributed by atoms with Crippen LogP contribution in [0.2, 0.25) is 0 Å². The maximum atomic E-state index is 13.6. The molecule has 0 bridgehead atoms. The summed E-state index contributed by atoms with van der Waals surface area (Å²) < 4.78 is 45.5. The van der Waals surface area contributed by atoms with Crippen molar-refractivity contribution >= 4 is 17.5 Å². The van der Waals surface area contributed by atoms with Gasteiger partial charge in [-0.1, -0.05) is 18.2 Å². The summed E-state index contributed by atoms with van der Waals surface area (Å²) in [5, 5.41) is 2.95. The number of primary amides is 1. The van der Waals surface area contributed by atoms with Crippen molar-refractivity contribution in [2.24, 2.45) is 5.73 Å². The van der Waals surface area contributed by atoms with Crippen molar-refractivity contribution in [3.8, 4) is 22.8 Å². The fourth-order valence-electron chi connectivity index (χ4n) is 4.15. The first-order valence-corrected chi connectivity index (χ1v) is 11.0. The highest BCUT2D eigenvalue weighted by Crippen LogP contribution is 2.34. The molecule has 36 heavy (non-hydrogen) atoms. The minimum atomic E-state index is -3.05. The molecule has 3 N–H and O–H groups in total. The first kappa shape index (κ1) is 23.2. The fourth-order valence-corrected chi connectivity index (χ4v) is 4.15. The third kappa shape index (κ3) is 4.30. The van der Waals surface area contributed by atoms with Gasteiger partial charge in [0.1, 0.15) is 17.2 Å². The van der Waals surface area contributed by atoms with E-state index in [1.54, 1.807) is 30.5 Å². The van der Waals surface area contributed by atoms with Crippen molar-refractivity contribution < 1.29 is 27.5 Å². The van der Waals surface area contributed by atoms with E-state index in [1.807, 2.05) is 30.3 Å². The molecule has 1 saturated heterocycles. The number of nitrogens with one attached hydrogen (secondary N) is 1. The van der Waals surface area contributed by atoms with E-state index in [4.69, 9.17) is 10.5 Å². The van der Waals surface area contributed by atoms with Crippen molar-refractivity contribution in [2.45, 2.75) is 12.3 Å². The number of carbonyl (C=O) groups is 2. The number of nitrogens with zero attached hydrogens (tertiary/aromatic N) is 3. The van der Waals surface area contributed by atoms with Gasteiger partial charge < -0.3 is 15.4 Å². The van der Waals surface area contributed by atoms with Crippen LogP contribution in [0.15, 0.2) is 72.7 Å². The summed E-state index contributed by atoms with van der Waals surface area (Å²) in [4.78, 5) is 30.0. The highest BCUT2D eigenvalue weighted by Gasteiger charge is 2.36. The quantitative estimate of drug-likeness (QED) is 0.374. The van der Waals surface area contributed by atoms with E-state index >= 15 is 0 Å². The van der Waals surface area contributed by atoms with E-state index in [0.29, 0.717) is 34.0 Å². The number of hydrogen-bond acceptors (Lipinski definition) is 4.